The van der Waals surface area contributed by atoms with E-state index in [1.165, 1.54) is 13.8 Å². The summed E-state index contributed by atoms with van der Waals surface area (Å²) in [5, 5.41) is -3.66. The molecule has 2 aromatic heterocycles. The number of rotatable bonds is 7. The molecule has 0 radical (unpaired) electrons. The van der Waals surface area contributed by atoms with Crippen LogP contribution < -0.4 is 4.90 Å². The summed E-state index contributed by atoms with van der Waals surface area (Å²) in [4.78, 5) is 0.273. The van der Waals surface area contributed by atoms with Crippen molar-refractivity contribution in [3.63, 3.8) is 0 Å². The van der Waals surface area contributed by atoms with Crippen molar-refractivity contribution in [3.8, 4) is 55.6 Å². The molecular formula is C67H45NOS. The number of fused-ring (bicyclic) bond motifs is 11. The molecule has 1 aliphatic carbocycles. The fourth-order valence-corrected chi connectivity index (χ4v) is 9.55. The number of nitrogens with zero attached hydrogens (tertiary/aromatic N) is 1. The lowest BCUT2D eigenvalue weighted by molar-refractivity contribution is 0.660. The second-order valence-corrected chi connectivity index (χ2v) is 17.2. The van der Waals surface area contributed by atoms with Crippen LogP contribution in [0.4, 0.5) is 17.1 Å². The molecule has 0 fully saturated rings. The van der Waals surface area contributed by atoms with Gasteiger partial charge in [-0.25, -0.2) is 0 Å². The molecule has 1 aliphatic rings. The third kappa shape index (κ3) is 6.39. The van der Waals surface area contributed by atoms with Gasteiger partial charge in [0.1, 0.15) is 11.2 Å². The maximum absolute atomic E-state index is 10.7. The van der Waals surface area contributed by atoms with E-state index in [1.807, 2.05) is 0 Å². The van der Waals surface area contributed by atoms with Crippen LogP contribution in [0.1, 0.15) is 78.4 Å². The Morgan fingerprint density at radius 1 is 0.400 bits per heavy atom. The summed E-state index contributed by atoms with van der Waals surface area (Å²) in [5.41, 5.74) is -15.9. The second-order valence-electron chi connectivity index (χ2n) is 16.2. The maximum Gasteiger partial charge on any atom is 0.143 e. The van der Waals surface area contributed by atoms with Gasteiger partial charge in [-0.15, -0.1) is 11.3 Å². The normalized spacial score (nSPS) is 20.6. The first kappa shape index (κ1) is 17.5. The van der Waals surface area contributed by atoms with E-state index in [2.05, 4.69) is 0 Å². The van der Waals surface area contributed by atoms with Crippen molar-refractivity contribution < 1.29 is 57.9 Å². The summed E-state index contributed by atoms with van der Waals surface area (Å²) in [7, 11) is 0. The molecule has 2 heterocycles. The Balaban J connectivity index is 1.19. The lowest BCUT2D eigenvalue weighted by Gasteiger charge is -2.28. The van der Waals surface area contributed by atoms with Gasteiger partial charge in [0.05, 0.1) is 59.1 Å². The zero-order valence-electron chi connectivity index (χ0n) is 74.8. The summed E-state index contributed by atoms with van der Waals surface area (Å²) >= 11 is 0.518. The van der Waals surface area contributed by atoms with Gasteiger partial charge in [0.2, 0.25) is 0 Å². The van der Waals surface area contributed by atoms with Gasteiger partial charge in [-0.2, -0.15) is 0 Å². The van der Waals surface area contributed by atoms with Gasteiger partial charge in [0.15, 0.2) is 0 Å². The average molecular weight is 951 g/mol. The predicted molar refractivity (Wildman–Crippen MR) is 298 cm³/mol. The summed E-state index contributed by atoms with van der Waals surface area (Å²) in [6, 6.07) is -40.2. The molecule has 0 spiro atoms. The summed E-state index contributed by atoms with van der Waals surface area (Å²) in [6.45, 7) is 2.89. The highest BCUT2D eigenvalue weighted by Gasteiger charge is 2.35. The van der Waals surface area contributed by atoms with Gasteiger partial charge >= 0.3 is 0 Å². The average Bonchev–Trinajstić information content (AvgIpc) is 1.61. The molecule has 0 atom stereocenters. The number of furan rings is 1. The molecule has 0 saturated carbocycles. The Hall–Kier alpha value is -8.50. The van der Waals surface area contributed by atoms with E-state index in [1.54, 1.807) is 0 Å². The summed E-state index contributed by atoms with van der Waals surface area (Å²) in [6.07, 6.45) is 0. The van der Waals surface area contributed by atoms with Crippen molar-refractivity contribution in [2.24, 2.45) is 0 Å². The van der Waals surface area contributed by atoms with E-state index >= 15 is 0 Å². The van der Waals surface area contributed by atoms with Crippen LogP contribution in [0.15, 0.2) is 240 Å². The number of anilines is 3. The SMILES string of the molecule is [2H]c1c([2H])c([2H])c(-c2c([2H])c([2H])c(N(c3c([2H])c([2H])c(-c4c([2H])c([2H])c([2H])c5c4sc4c([2H])c([2H])c([2H])c([2H])c45)c([2H])c3[2H])c3c(-c4c([2H])c([2H])c(-c5c([2H])c([2H])c6c(c5[2H])C(C)(C)c5c([2H])c([2H])c([2H])c([2H])c5-6)c([2H])c4[2H])c([2H])c4oc5c6c([2H])c([2H])c([2H])c([2H])c6c([2H])c([2H])c5c4c3[2H])c([2H])c2[2H])c([2H])c1[2H]. The fraction of sp³-hybridized carbons (Fsp3) is 0.0448. The minimum Gasteiger partial charge on any atom is -0.455 e. The van der Waals surface area contributed by atoms with Gasteiger partial charge in [-0.1, -0.05) is 195 Å². The highest BCUT2D eigenvalue weighted by atomic mass is 32.1. The van der Waals surface area contributed by atoms with E-state index < -0.39 is 341 Å². The lowest BCUT2D eigenvalue weighted by atomic mass is 9.81. The number of hydrogen-bond donors (Lipinski definition) is 0. The number of thiophene rings is 1. The standard InChI is InChI=1S/C67H45NOS/c1-67(2)60-21-10-8-17-53(60)54-37-32-48(39-61(54)67)44-23-25-47(26-24-44)58-41-63-59(56-38-31-45-15-6-7-16-51(45)65(56)69-63)40-62(58)68(49-33-27-43(28-34-49)42-13-4-3-5-14-42)50-35-29-46(30-36-50)52-19-12-20-57-55-18-9-11-22-64(55)70-66(52)57/h3-41H,1-2H3/i3D,4D,5D,6D,7D,8D,9D,10D,11D,12D,13D,14D,15D,16D,17D,18D,19D,20D,21D,22D,23D,24D,25D,26D,27D,28D,29D,30D,31D,32D,33D,34D,35D,36D,37D,38D,39D,40D,41D. The van der Waals surface area contributed by atoms with E-state index in [0.717, 1.165) is 0 Å². The first-order chi connectivity index (χ1) is 50.7. The number of hydrogen-bond acceptors (Lipinski definition) is 3. The van der Waals surface area contributed by atoms with Crippen molar-refractivity contribution in [2.45, 2.75) is 19.3 Å². The zero-order chi connectivity index (χ0) is 80.4. The third-order valence-electron chi connectivity index (χ3n) is 11.8. The van der Waals surface area contributed by atoms with Crippen molar-refractivity contribution in [1.29, 1.82) is 0 Å². The molecule has 14 rings (SSSR count). The van der Waals surface area contributed by atoms with Gasteiger partial charge in [0.25, 0.3) is 0 Å². The van der Waals surface area contributed by atoms with Crippen LogP contribution in [-0.2, 0) is 5.41 Å². The Labute approximate surface area is 465 Å². The smallest absolute Gasteiger partial charge is 0.143 e. The molecule has 0 amide bonds. The first-order valence-electron chi connectivity index (χ1n) is 40.5. The van der Waals surface area contributed by atoms with Crippen molar-refractivity contribution in [1.82, 2.24) is 0 Å². The molecule has 0 N–H and O–H groups in total. The molecule has 11 aromatic carbocycles. The molecule has 3 heteroatoms. The monoisotopic (exact) mass is 951 g/mol. The maximum atomic E-state index is 10.7. The highest BCUT2D eigenvalue weighted by molar-refractivity contribution is 7.26. The van der Waals surface area contributed by atoms with Gasteiger partial charge < -0.3 is 9.32 Å². The zero-order valence-corrected chi connectivity index (χ0v) is 36.6. The van der Waals surface area contributed by atoms with Gasteiger partial charge in [-0.3, -0.25) is 0 Å². The minimum absolute atomic E-state index is 0.0973. The van der Waals surface area contributed by atoms with Crippen LogP contribution in [-0.4, -0.2) is 0 Å². The van der Waals surface area contributed by atoms with E-state index in [4.69, 9.17) is 30.5 Å². The van der Waals surface area contributed by atoms with Crippen molar-refractivity contribution in [3.05, 3.63) is 247 Å². The van der Waals surface area contributed by atoms with Crippen LogP contribution >= 0.6 is 11.3 Å². The summed E-state index contributed by atoms with van der Waals surface area (Å²) in [5.74, 6) is 0. The quantitative estimate of drug-likeness (QED) is 0.158. The Morgan fingerprint density at radius 2 is 0.986 bits per heavy atom. The Kier molecular flexibility index (Phi) is 3.94. The predicted octanol–water partition coefficient (Wildman–Crippen LogP) is 19.6. The topological polar surface area (TPSA) is 16.4 Å². The molecule has 0 aliphatic heterocycles. The molecule has 2 nitrogen and oxygen atoms in total. The summed E-state index contributed by atoms with van der Waals surface area (Å²) < 4.78 is 370. The fourth-order valence-electron chi connectivity index (χ4n) is 8.48. The molecule has 70 heavy (non-hydrogen) atoms. The molecule has 330 valence electrons. The third-order valence-corrected chi connectivity index (χ3v) is 12.9. The largest absolute Gasteiger partial charge is 0.455 e. The van der Waals surface area contributed by atoms with E-state index in [9.17, 15) is 27.4 Å². The molecule has 13 aromatic rings. The van der Waals surface area contributed by atoms with Crippen LogP contribution in [0.25, 0.3) is 109 Å². The Bertz CT molecular complexity index is 6460. The number of benzene rings is 11. The van der Waals surface area contributed by atoms with Gasteiger partial charge in [-0.05, 0) is 121 Å². The van der Waals surface area contributed by atoms with Gasteiger partial charge in [0, 0.05) is 58.7 Å². The molecule has 0 unspecified atom stereocenters. The Morgan fingerprint density at radius 3 is 1.80 bits per heavy atom. The minimum atomic E-state index is -1.63. The molecule has 0 bridgehead atoms. The van der Waals surface area contributed by atoms with Crippen LogP contribution in [0.5, 0.6) is 0 Å². The highest BCUT2D eigenvalue weighted by Crippen LogP contribution is 2.51. The van der Waals surface area contributed by atoms with E-state index in [0.29, 0.717) is 11.3 Å². The second kappa shape index (κ2) is 15.8. The lowest BCUT2D eigenvalue weighted by Crippen LogP contribution is -2.14. The molecule has 0 saturated heterocycles. The first-order valence-corrected chi connectivity index (χ1v) is 21.8. The van der Waals surface area contributed by atoms with E-state index in [-0.39, 0.29) is 41.9 Å². The van der Waals surface area contributed by atoms with Crippen molar-refractivity contribution in [2.75, 3.05) is 4.90 Å². The van der Waals surface area contributed by atoms with Crippen LogP contribution in [0, 0.1) is 0 Å². The molecular weight excluding hydrogens is 867 g/mol. The van der Waals surface area contributed by atoms with Crippen molar-refractivity contribution >= 4 is 81.3 Å². The van der Waals surface area contributed by atoms with Crippen LogP contribution in [0.3, 0.4) is 0 Å². The van der Waals surface area contributed by atoms with Crippen LogP contribution in [0.2, 0.25) is 0 Å².